The molecule has 0 spiro atoms. The standard InChI is InChI=1S/C17H24N2O4S2/c1-14(20)24-13-17-11-16(15-5-3-2-4-6-15)12-19(17)25(21,22)18-7-9-23-10-8-18/h2-6,16-17H,7-13H2,1H3. The number of carbonyl (C=O) groups excluding carboxylic acids is 1. The molecule has 25 heavy (non-hydrogen) atoms. The lowest BCUT2D eigenvalue weighted by atomic mass is 9.97. The number of carbonyl (C=O) groups is 1. The topological polar surface area (TPSA) is 66.9 Å². The molecule has 1 aromatic rings. The molecule has 2 aliphatic rings. The van der Waals surface area contributed by atoms with Gasteiger partial charge in [-0.1, -0.05) is 42.1 Å². The zero-order chi connectivity index (χ0) is 17.9. The third kappa shape index (κ3) is 4.43. The predicted molar refractivity (Wildman–Crippen MR) is 98.7 cm³/mol. The summed E-state index contributed by atoms with van der Waals surface area (Å²) in [6, 6.07) is 9.85. The highest BCUT2D eigenvalue weighted by molar-refractivity contribution is 8.13. The van der Waals surface area contributed by atoms with Crippen LogP contribution >= 0.6 is 11.8 Å². The van der Waals surface area contributed by atoms with Crippen molar-refractivity contribution in [2.75, 3.05) is 38.6 Å². The van der Waals surface area contributed by atoms with E-state index in [2.05, 4.69) is 0 Å². The van der Waals surface area contributed by atoms with E-state index in [1.807, 2.05) is 30.3 Å². The van der Waals surface area contributed by atoms with Gasteiger partial charge in [-0.25, -0.2) is 0 Å². The molecule has 0 aliphatic carbocycles. The van der Waals surface area contributed by atoms with E-state index < -0.39 is 10.2 Å². The largest absolute Gasteiger partial charge is 0.379 e. The fraction of sp³-hybridized carbons (Fsp3) is 0.588. The van der Waals surface area contributed by atoms with E-state index in [0.29, 0.717) is 38.6 Å². The molecule has 0 aromatic heterocycles. The summed E-state index contributed by atoms with van der Waals surface area (Å²) in [5.41, 5.74) is 1.15. The first-order valence-electron chi connectivity index (χ1n) is 8.51. The molecule has 2 atom stereocenters. The normalized spacial score (nSPS) is 26.0. The summed E-state index contributed by atoms with van der Waals surface area (Å²) in [5.74, 6) is 0.664. The van der Waals surface area contributed by atoms with Crippen LogP contribution in [0.25, 0.3) is 0 Å². The molecule has 0 amide bonds. The molecule has 0 saturated carbocycles. The fourth-order valence-corrected chi connectivity index (χ4v) is 6.08. The highest BCUT2D eigenvalue weighted by atomic mass is 32.2. The summed E-state index contributed by atoms with van der Waals surface area (Å²) < 4.78 is 34.6. The van der Waals surface area contributed by atoms with Crippen LogP contribution in [-0.4, -0.2) is 66.8 Å². The van der Waals surface area contributed by atoms with Crippen molar-refractivity contribution in [2.45, 2.75) is 25.3 Å². The third-order valence-corrected chi connectivity index (χ3v) is 7.72. The summed E-state index contributed by atoms with van der Waals surface area (Å²) >= 11 is 1.20. The number of hydrogen-bond acceptors (Lipinski definition) is 5. The van der Waals surface area contributed by atoms with Crippen molar-refractivity contribution in [2.24, 2.45) is 0 Å². The van der Waals surface area contributed by atoms with Crippen LogP contribution in [0, 0.1) is 0 Å². The van der Waals surface area contributed by atoms with Gasteiger partial charge in [0, 0.05) is 38.4 Å². The van der Waals surface area contributed by atoms with E-state index >= 15 is 0 Å². The Bertz CT molecular complexity index is 690. The highest BCUT2D eigenvalue weighted by Gasteiger charge is 2.42. The summed E-state index contributed by atoms with van der Waals surface area (Å²) in [4.78, 5) is 11.4. The van der Waals surface area contributed by atoms with Crippen molar-refractivity contribution in [3.8, 4) is 0 Å². The fourth-order valence-electron chi connectivity index (χ4n) is 3.43. The zero-order valence-corrected chi connectivity index (χ0v) is 16.0. The van der Waals surface area contributed by atoms with E-state index in [-0.39, 0.29) is 17.1 Å². The summed E-state index contributed by atoms with van der Waals surface area (Å²) in [5, 5.41) is 0.0203. The van der Waals surface area contributed by atoms with Crippen LogP contribution in [0.15, 0.2) is 30.3 Å². The Balaban J connectivity index is 1.81. The molecule has 2 aliphatic heterocycles. The SMILES string of the molecule is CC(=O)SCC1CC(c2ccccc2)CN1S(=O)(=O)N1CCOCC1. The van der Waals surface area contributed by atoms with Crippen molar-refractivity contribution in [1.82, 2.24) is 8.61 Å². The Hall–Kier alpha value is -0.930. The van der Waals surface area contributed by atoms with Gasteiger partial charge in [0.2, 0.25) is 0 Å². The smallest absolute Gasteiger partial charge is 0.282 e. The maximum atomic E-state index is 13.1. The molecule has 0 N–H and O–H groups in total. The number of nitrogens with zero attached hydrogens (tertiary/aromatic N) is 2. The van der Waals surface area contributed by atoms with Gasteiger partial charge in [0.15, 0.2) is 5.12 Å². The van der Waals surface area contributed by atoms with Crippen LogP contribution in [0.3, 0.4) is 0 Å². The second-order valence-electron chi connectivity index (χ2n) is 6.39. The Morgan fingerprint density at radius 1 is 1.24 bits per heavy atom. The molecule has 0 radical (unpaired) electrons. The van der Waals surface area contributed by atoms with Crippen molar-refractivity contribution in [3.63, 3.8) is 0 Å². The summed E-state index contributed by atoms with van der Waals surface area (Å²) in [6.07, 6.45) is 0.744. The summed E-state index contributed by atoms with van der Waals surface area (Å²) in [6.45, 7) is 3.63. The molecule has 8 heteroatoms. The van der Waals surface area contributed by atoms with Gasteiger partial charge in [0.1, 0.15) is 0 Å². The predicted octanol–water partition coefficient (Wildman–Crippen LogP) is 1.70. The van der Waals surface area contributed by atoms with Crippen molar-refractivity contribution in [3.05, 3.63) is 35.9 Å². The van der Waals surface area contributed by atoms with Crippen molar-refractivity contribution in [1.29, 1.82) is 0 Å². The van der Waals surface area contributed by atoms with Gasteiger partial charge in [-0.15, -0.1) is 0 Å². The number of thioether (sulfide) groups is 1. The molecule has 2 heterocycles. The number of benzene rings is 1. The van der Waals surface area contributed by atoms with Crippen LogP contribution in [0.4, 0.5) is 0 Å². The second kappa shape index (κ2) is 8.18. The second-order valence-corrected chi connectivity index (χ2v) is 9.47. The average Bonchev–Trinajstić information content (AvgIpc) is 3.07. The molecule has 2 unspecified atom stereocenters. The van der Waals surface area contributed by atoms with E-state index in [4.69, 9.17) is 4.74 Å². The van der Waals surface area contributed by atoms with Gasteiger partial charge >= 0.3 is 0 Å². The van der Waals surface area contributed by atoms with Crippen LogP contribution in [0.2, 0.25) is 0 Å². The first-order valence-corrected chi connectivity index (χ1v) is 10.9. The lowest BCUT2D eigenvalue weighted by Gasteiger charge is -2.32. The minimum absolute atomic E-state index is 0.0203. The van der Waals surface area contributed by atoms with Gasteiger partial charge in [0.25, 0.3) is 10.2 Å². The average molecular weight is 385 g/mol. The first-order chi connectivity index (χ1) is 12.0. The monoisotopic (exact) mass is 384 g/mol. The Morgan fingerprint density at radius 2 is 1.92 bits per heavy atom. The zero-order valence-electron chi connectivity index (χ0n) is 14.3. The van der Waals surface area contributed by atoms with Crippen molar-refractivity contribution >= 4 is 27.1 Å². The van der Waals surface area contributed by atoms with Crippen LogP contribution in [0.1, 0.15) is 24.8 Å². The Labute approximate surface area is 153 Å². The maximum absolute atomic E-state index is 13.1. The van der Waals surface area contributed by atoms with Crippen LogP contribution in [0.5, 0.6) is 0 Å². The minimum atomic E-state index is -3.54. The molecular formula is C17H24N2O4S2. The van der Waals surface area contributed by atoms with Crippen molar-refractivity contribution < 1.29 is 17.9 Å². The summed E-state index contributed by atoms with van der Waals surface area (Å²) in [7, 11) is -3.54. The number of morpholine rings is 1. The van der Waals surface area contributed by atoms with Gasteiger partial charge < -0.3 is 4.74 Å². The van der Waals surface area contributed by atoms with Gasteiger partial charge in [0.05, 0.1) is 13.2 Å². The molecule has 3 rings (SSSR count). The number of hydrogen-bond donors (Lipinski definition) is 0. The number of rotatable bonds is 5. The lowest BCUT2D eigenvalue weighted by Crippen LogP contribution is -2.50. The van der Waals surface area contributed by atoms with Crippen LogP contribution < -0.4 is 0 Å². The van der Waals surface area contributed by atoms with E-state index in [9.17, 15) is 13.2 Å². The van der Waals surface area contributed by atoms with E-state index in [1.54, 1.807) is 4.31 Å². The van der Waals surface area contributed by atoms with Crippen LogP contribution in [-0.2, 0) is 19.7 Å². The Kier molecular flexibility index (Phi) is 6.17. The third-order valence-electron chi connectivity index (χ3n) is 4.71. The Morgan fingerprint density at radius 3 is 2.56 bits per heavy atom. The van der Waals surface area contributed by atoms with Gasteiger partial charge in [-0.3, -0.25) is 4.79 Å². The van der Waals surface area contributed by atoms with Gasteiger partial charge in [-0.05, 0) is 17.9 Å². The molecule has 1 aromatic carbocycles. The molecule has 6 nitrogen and oxygen atoms in total. The number of ether oxygens (including phenoxy) is 1. The van der Waals surface area contributed by atoms with E-state index in [0.717, 1.165) is 12.0 Å². The highest BCUT2D eigenvalue weighted by Crippen LogP contribution is 2.36. The molecule has 0 bridgehead atoms. The lowest BCUT2D eigenvalue weighted by molar-refractivity contribution is -0.109. The minimum Gasteiger partial charge on any atom is -0.379 e. The maximum Gasteiger partial charge on any atom is 0.282 e. The van der Waals surface area contributed by atoms with Gasteiger partial charge in [-0.2, -0.15) is 17.0 Å². The molecular weight excluding hydrogens is 360 g/mol. The molecule has 138 valence electrons. The first kappa shape index (κ1) is 18.8. The van der Waals surface area contributed by atoms with E-state index in [1.165, 1.54) is 23.0 Å². The quantitative estimate of drug-likeness (QED) is 0.773. The molecule has 2 saturated heterocycles. The molecule has 2 fully saturated rings.